The van der Waals surface area contributed by atoms with Crippen LogP contribution >= 0.6 is 0 Å². The Morgan fingerprint density at radius 3 is 3.17 bits per heavy atom. The van der Waals surface area contributed by atoms with Gasteiger partial charge in [0.05, 0.1) is 0 Å². The van der Waals surface area contributed by atoms with Crippen LogP contribution in [-0.2, 0) is 4.74 Å². The van der Waals surface area contributed by atoms with Gasteiger partial charge in [-0.2, -0.15) is 0 Å². The zero-order valence-corrected chi connectivity index (χ0v) is 10.5. The fraction of sp³-hybridized carbons (Fsp3) is 0.583. The Morgan fingerprint density at radius 2 is 2.39 bits per heavy atom. The number of hydrogen-bond acceptors (Lipinski definition) is 5. The third-order valence-corrected chi connectivity index (χ3v) is 3.64. The number of methoxy groups -OCH3 is 1. The number of aromatic nitrogens is 4. The summed E-state index contributed by atoms with van der Waals surface area (Å²) < 4.78 is 7.02. The first-order valence-electron chi connectivity index (χ1n) is 6.20. The van der Waals surface area contributed by atoms with E-state index >= 15 is 0 Å². The summed E-state index contributed by atoms with van der Waals surface area (Å²) in [5, 5.41) is 11.3. The highest BCUT2D eigenvalue weighted by Gasteiger charge is 2.41. The molecule has 1 saturated carbocycles. The molecule has 0 amide bonds. The zero-order chi connectivity index (χ0) is 12.4. The number of ether oxygens (including phenoxy) is 1. The Kier molecular flexibility index (Phi) is 2.87. The SMILES string of the molecule is COCCC1(CNc2nccn3cnnc23)CC1. The van der Waals surface area contributed by atoms with E-state index in [4.69, 9.17) is 4.74 Å². The number of fused-ring (bicyclic) bond motifs is 1. The Labute approximate surface area is 105 Å². The molecule has 0 spiro atoms. The molecule has 1 aliphatic carbocycles. The van der Waals surface area contributed by atoms with Crippen molar-refractivity contribution in [2.24, 2.45) is 5.41 Å². The zero-order valence-electron chi connectivity index (χ0n) is 10.5. The predicted molar refractivity (Wildman–Crippen MR) is 67.4 cm³/mol. The number of nitrogens with one attached hydrogen (secondary N) is 1. The second kappa shape index (κ2) is 4.53. The van der Waals surface area contributed by atoms with Gasteiger partial charge >= 0.3 is 0 Å². The van der Waals surface area contributed by atoms with Gasteiger partial charge in [0.25, 0.3) is 0 Å². The molecule has 1 N–H and O–H groups in total. The Balaban J connectivity index is 1.68. The largest absolute Gasteiger partial charge is 0.385 e. The van der Waals surface area contributed by atoms with E-state index in [1.165, 1.54) is 12.8 Å². The van der Waals surface area contributed by atoms with Crippen LogP contribution in [0.4, 0.5) is 5.82 Å². The lowest BCUT2D eigenvalue weighted by molar-refractivity contribution is 0.175. The summed E-state index contributed by atoms with van der Waals surface area (Å²) >= 11 is 0. The molecule has 0 atom stereocenters. The van der Waals surface area contributed by atoms with Gasteiger partial charge in [-0.15, -0.1) is 10.2 Å². The molecule has 6 heteroatoms. The van der Waals surface area contributed by atoms with Crippen molar-refractivity contribution < 1.29 is 4.74 Å². The van der Waals surface area contributed by atoms with Crippen molar-refractivity contribution in [1.82, 2.24) is 19.6 Å². The number of hydrogen-bond donors (Lipinski definition) is 1. The van der Waals surface area contributed by atoms with E-state index in [2.05, 4.69) is 20.5 Å². The van der Waals surface area contributed by atoms with Gasteiger partial charge in [-0.25, -0.2) is 4.98 Å². The lowest BCUT2D eigenvalue weighted by atomic mass is 10.0. The van der Waals surface area contributed by atoms with Crippen LogP contribution in [-0.4, -0.2) is 39.8 Å². The summed E-state index contributed by atoms with van der Waals surface area (Å²) in [6, 6.07) is 0. The fourth-order valence-electron chi connectivity index (χ4n) is 2.17. The van der Waals surface area contributed by atoms with Gasteiger partial charge in [-0.05, 0) is 24.7 Å². The topological polar surface area (TPSA) is 64.3 Å². The van der Waals surface area contributed by atoms with Crippen molar-refractivity contribution in [1.29, 1.82) is 0 Å². The molecule has 0 unspecified atom stereocenters. The summed E-state index contributed by atoms with van der Waals surface area (Å²) in [5.41, 5.74) is 1.17. The molecule has 3 rings (SSSR count). The number of nitrogens with zero attached hydrogens (tertiary/aromatic N) is 4. The number of anilines is 1. The monoisotopic (exact) mass is 247 g/mol. The molecule has 2 aromatic heterocycles. The Morgan fingerprint density at radius 1 is 1.50 bits per heavy atom. The van der Waals surface area contributed by atoms with Crippen LogP contribution in [0.5, 0.6) is 0 Å². The molecule has 0 saturated heterocycles. The third-order valence-electron chi connectivity index (χ3n) is 3.64. The van der Waals surface area contributed by atoms with Crippen molar-refractivity contribution >= 4 is 11.5 Å². The number of rotatable bonds is 6. The highest BCUT2D eigenvalue weighted by Crippen LogP contribution is 2.48. The minimum atomic E-state index is 0.393. The summed E-state index contributed by atoms with van der Waals surface area (Å²) in [5.74, 6) is 0.804. The van der Waals surface area contributed by atoms with E-state index in [9.17, 15) is 0 Å². The highest BCUT2D eigenvalue weighted by atomic mass is 16.5. The van der Waals surface area contributed by atoms with Crippen LogP contribution in [0.2, 0.25) is 0 Å². The maximum absolute atomic E-state index is 5.16. The normalized spacial score (nSPS) is 16.9. The van der Waals surface area contributed by atoms with Crippen LogP contribution in [0, 0.1) is 5.41 Å². The fourth-order valence-corrected chi connectivity index (χ4v) is 2.17. The minimum absolute atomic E-state index is 0.393. The van der Waals surface area contributed by atoms with Crippen LogP contribution < -0.4 is 5.32 Å². The van der Waals surface area contributed by atoms with Crippen molar-refractivity contribution in [3.8, 4) is 0 Å². The first-order valence-corrected chi connectivity index (χ1v) is 6.20. The van der Waals surface area contributed by atoms with Gasteiger partial charge in [0.1, 0.15) is 6.33 Å². The molecule has 2 aromatic rings. The molecule has 6 nitrogen and oxygen atoms in total. The van der Waals surface area contributed by atoms with Crippen LogP contribution in [0.25, 0.3) is 5.65 Å². The molecular formula is C12H17N5O. The van der Waals surface area contributed by atoms with Crippen LogP contribution in [0.1, 0.15) is 19.3 Å². The van der Waals surface area contributed by atoms with E-state index in [-0.39, 0.29) is 0 Å². The molecular weight excluding hydrogens is 230 g/mol. The molecule has 0 aliphatic heterocycles. The molecule has 18 heavy (non-hydrogen) atoms. The first kappa shape index (κ1) is 11.4. The first-order chi connectivity index (χ1) is 8.83. The molecule has 1 aliphatic rings. The summed E-state index contributed by atoms with van der Waals surface area (Å²) in [7, 11) is 1.75. The summed E-state index contributed by atoms with van der Waals surface area (Å²) in [4.78, 5) is 4.32. The van der Waals surface area contributed by atoms with Crippen LogP contribution in [0.15, 0.2) is 18.7 Å². The van der Waals surface area contributed by atoms with Gasteiger partial charge in [0, 0.05) is 32.7 Å². The maximum atomic E-state index is 5.16. The lowest BCUT2D eigenvalue weighted by Gasteiger charge is -2.15. The lowest BCUT2D eigenvalue weighted by Crippen LogP contribution is -2.18. The maximum Gasteiger partial charge on any atom is 0.203 e. The quantitative estimate of drug-likeness (QED) is 0.834. The van der Waals surface area contributed by atoms with Gasteiger partial charge in [0.15, 0.2) is 5.82 Å². The second-order valence-electron chi connectivity index (χ2n) is 4.93. The van der Waals surface area contributed by atoms with E-state index in [1.54, 1.807) is 19.6 Å². The average Bonchev–Trinajstić information content (AvgIpc) is 3.00. The second-order valence-corrected chi connectivity index (χ2v) is 4.93. The Hall–Kier alpha value is -1.69. The third kappa shape index (κ3) is 2.15. The van der Waals surface area contributed by atoms with E-state index in [0.717, 1.165) is 31.0 Å². The Bertz CT molecular complexity index is 534. The minimum Gasteiger partial charge on any atom is -0.385 e. The molecule has 96 valence electrons. The van der Waals surface area contributed by atoms with Gasteiger partial charge in [-0.1, -0.05) is 0 Å². The van der Waals surface area contributed by atoms with E-state index in [0.29, 0.717) is 5.41 Å². The van der Waals surface area contributed by atoms with Gasteiger partial charge in [0.2, 0.25) is 5.65 Å². The van der Waals surface area contributed by atoms with Gasteiger partial charge in [-0.3, -0.25) is 4.40 Å². The van der Waals surface area contributed by atoms with E-state index in [1.807, 2.05) is 10.6 Å². The van der Waals surface area contributed by atoms with Crippen molar-refractivity contribution in [2.45, 2.75) is 19.3 Å². The van der Waals surface area contributed by atoms with Crippen molar-refractivity contribution in [3.05, 3.63) is 18.7 Å². The predicted octanol–water partition coefficient (Wildman–Crippen LogP) is 1.35. The molecule has 1 fully saturated rings. The van der Waals surface area contributed by atoms with Gasteiger partial charge < -0.3 is 10.1 Å². The molecule has 2 heterocycles. The van der Waals surface area contributed by atoms with Crippen molar-refractivity contribution in [3.63, 3.8) is 0 Å². The summed E-state index contributed by atoms with van der Waals surface area (Å²) in [6.07, 6.45) is 8.91. The van der Waals surface area contributed by atoms with Crippen molar-refractivity contribution in [2.75, 3.05) is 25.6 Å². The molecule has 0 aromatic carbocycles. The van der Waals surface area contributed by atoms with Crippen LogP contribution in [0.3, 0.4) is 0 Å². The average molecular weight is 247 g/mol. The smallest absolute Gasteiger partial charge is 0.203 e. The standard InChI is InChI=1S/C12H17N5O/c1-18-7-4-12(2-3-12)8-14-10-11-16-15-9-17(11)6-5-13-10/h5-6,9H,2-4,7-8H2,1H3,(H,13,14). The molecule has 0 radical (unpaired) electrons. The van der Waals surface area contributed by atoms with E-state index < -0.39 is 0 Å². The highest BCUT2D eigenvalue weighted by molar-refractivity contribution is 5.61. The summed E-state index contributed by atoms with van der Waals surface area (Å²) in [6.45, 7) is 1.75. The molecule has 0 bridgehead atoms.